The van der Waals surface area contributed by atoms with Crippen molar-refractivity contribution in [3.8, 4) is 6.01 Å². The lowest BCUT2D eigenvalue weighted by atomic mass is 10.3. The van der Waals surface area contributed by atoms with Gasteiger partial charge in [0.1, 0.15) is 5.69 Å². The molecule has 0 saturated carbocycles. The van der Waals surface area contributed by atoms with E-state index in [4.69, 9.17) is 4.74 Å². The fourth-order valence-electron chi connectivity index (χ4n) is 1.60. The molecule has 21 heavy (non-hydrogen) atoms. The summed E-state index contributed by atoms with van der Waals surface area (Å²) in [5.74, 6) is -0.344. The summed E-state index contributed by atoms with van der Waals surface area (Å²) in [4.78, 5) is 27.5. The molecule has 0 bridgehead atoms. The van der Waals surface area contributed by atoms with Gasteiger partial charge in [-0.05, 0) is 12.5 Å². The van der Waals surface area contributed by atoms with E-state index >= 15 is 0 Å². The molecule has 2 heterocycles. The van der Waals surface area contributed by atoms with Crippen molar-refractivity contribution in [1.29, 1.82) is 0 Å². The monoisotopic (exact) mass is 292 g/mol. The maximum Gasteiger partial charge on any atom is 0.336 e. The van der Waals surface area contributed by atoms with Gasteiger partial charge in [-0.1, -0.05) is 13.3 Å². The highest BCUT2D eigenvalue weighted by molar-refractivity contribution is 6.01. The van der Waals surface area contributed by atoms with E-state index in [-0.39, 0.29) is 23.2 Å². The van der Waals surface area contributed by atoms with Crippen LogP contribution in [0, 0.1) is 0 Å². The zero-order valence-electron chi connectivity index (χ0n) is 11.8. The van der Waals surface area contributed by atoms with Crippen LogP contribution in [0.2, 0.25) is 0 Å². The topological polar surface area (TPSA) is 115 Å². The van der Waals surface area contributed by atoms with Crippen LogP contribution in [0.15, 0.2) is 16.9 Å². The van der Waals surface area contributed by atoms with Gasteiger partial charge in [-0.3, -0.25) is 14.9 Å². The highest BCUT2D eigenvalue weighted by Crippen LogP contribution is 2.05. The summed E-state index contributed by atoms with van der Waals surface area (Å²) < 4.78 is 6.07. The summed E-state index contributed by atoms with van der Waals surface area (Å²) in [5, 5.41) is 12.7. The molecule has 9 heteroatoms. The smallest absolute Gasteiger partial charge is 0.336 e. The Balaban J connectivity index is 2.13. The van der Waals surface area contributed by atoms with Crippen molar-refractivity contribution in [3.05, 3.63) is 28.2 Å². The Morgan fingerprint density at radius 3 is 2.95 bits per heavy atom. The first-order valence-electron chi connectivity index (χ1n) is 6.50. The summed E-state index contributed by atoms with van der Waals surface area (Å²) in [6.07, 6.45) is 1.75. The maximum absolute atomic E-state index is 12.0. The van der Waals surface area contributed by atoms with E-state index < -0.39 is 5.91 Å². The number of hydrogen-bond donors (Lipinski definition) is 2. The van der Waals surface area contributed by atoms with Crippen LogP contribution in [-0.2, 0) is 6.54 Å². The molecule has 0 fully saturated rings. The largest absolute Gasteiger partial charge is 0.466 e. The second-order valence-corrected chi connectivity index (χ2v) is 4.26. The minimum absolute atomic E-state index is 0.117. The van der Waals surface area contributed by atoms with Gasteiger partial charge >= 0.3 is 6.01 Å². The zero-order valence-corrected chi connectivity index (χ0v) is 11.8. The van der Waals surface area contributed by atoms with E-state index in [1.54, 1.807) is 0 Å². The van der Waals surface area contributed by atoms with Crippen LogP contribution in [0.1, 0.15) is 30.3 Å². The fourth-order valence-corrected chi connectivity index (χ4v) is 1.60. The standard InChI is InChI=1S/C12H16N6O3/c1-3-4-7-18-9(19)6-5-8(17-18)10(20)13-11-14-12(21-2)16-15-11/h5-6H,3-4,7H2,1-2H3,(H2,13,14,15,16,20). The van der Waals surface area contributed by atoms with Crippen molar-refractivity contribution in [3.63, 3.8) is 0 Å². The number of ether oxygens (including phenoxy) is 1. The van der Waals surface area contributed by atoms with E-state index in [0.717, 1.165) is 12.8 Å². The minimum atomic E-state index is -0.487. The summed E-state index contributed by atoms with van der Waals surface area (Å²) in [6.45, 7) is 2.49. The van der Waals surface area contributed by atoms with Crippen LogP contribution in [0.25, 0.3) is 0 Å². The number of carbonyl (C=O) groups is 1. The van der Waals surface area contributed by atoms with Crippen molar-refractivity contribution in [2.45, 2.75) is 26.3 Å². The van der Waals surface area contributed by atoms with Crippen molar-refractivity contribution in [2.24, 2.45) is 0 Å². The number of unbranched alkanes of at least 4 members (excludes halogenated alkanes) is 1. The number of methoxy groups -OCH3 is 1. The van der Waals surface area contributed by atoms with E-state index in [0.29, 0.717) is 6.54 Å². The van der Waals surface area contributed by atoms with Crippen LogP contribution in [0.3, 0.4) is 0 Å². The number of carbonyl (C=O) groups excluding carboxylic acids is 1. The number of amides is 1. The second kappa shape index (κ2) is 6.64. The molecule has 0 spiro atoms. The number of anilines is 1. The first-order valence-corrected chi connectivity index (χ1v) is 6.50. The number of hydrogen-bond acceptors (Lipinski definition) is 6. The summed E-state index contributed by atoms with van der Waals surface area (Å²) in [6, 6.07) is 2.80. The molecule has 2 aromatic heterocycles. The van der Waals surface area contributed by atoms with Crippen molar-refractivity contribution < 1.29 is 9.53 Å². The molecular formula is C12H16N6O3. The lowest BCUT2D eigenvalue weighted by Gasteiger charge is -2.05. The molecule has 112 valence electrons. The molecular weight excluding hydrogens is 276 g/mol. The molecule has 0 radical (unpaired) electrons. The third-order valence-electron chi connectivity index (χ3n) is 2.70. The van der Waals surface area contributed by atoms with E-state index in [2.05, 4.69) is 25.6 Å². The number of rotatable bonds is 6. The Bertz CT molecular complexity index is 678. The van der Waals surface area contributed by atoms with Gasteiger partial charge in [0.2, 0.25) is 5.95 Å². The molecule has 1 amide bonds. The Labute approximate surface area is 120 Å². The quantitative estimate of drug-likeness (QED) is 0.797. The summed E-state index contributed by atoms with van der Waals surface area (Å²) in [7, 11) is 1.42. The second-order valence-electron chi connectivity index (χ2n) is 4.26. The molecule has 9 nitrogen and oxygen atoms in total. The lowest BCUT2D eigenvalue weighted by Crippen LogP contribution is -2.26. The Kier molecular flexibility index (Phi) is 4.64. The zero-order chi connectivity index (χ0) is 15.2. The number of aryl methyl sites for hydroxylation is 1. The Morgan fingerprint density at radius 2 is 2.29 bits per heavy atom. The molecule has 0 atom stereocenters. The van der Waals surface area contributed by atoms with Crippen molar-refractivity contribution >= 4 is 11.9 Å². The highest BCUT2D eigenvalue weighted by Gasteiger charge is 2.12. The number of nitrogens with one attached hydrogen (secondary N) is 2. The first-order chi connectivity index (χ1) is 10.1. The van der Waals surface area contributed by atoms with Crippen LogP contribution < -0.4 is 15.6 Å². The predicted octanol–water partition coefficient (Wildman–Crippen LogP) is 0.422. The van der Waals surface area contributed by atoms with Crippen LogP contribution in [0.5, 0.6) is 6.01 Å². The molecule has 0 unspecified atom stereocenters. The van der Waals surface area contributed by atoms with Crippen molar-refractivity contribution in [1.82, 2.24) is 25.0 Å². The fraction of sp³-hybridized carbons (Fsp3) is 0.417. The average Bonchev–Trinajstić information content (AvgIpc) is 2.94. The summed E-state index contributed by atoms with van der Waals surface area (Å²) >= 11 is 0. The first kappa shape index (κ1) is 14.7. The normalized spacial score (nSPS) is 10.4. The third kappa shape index (κ3) is 3.65. The summed E-state index contributed by atoms with van der Waals surface area (Å²) in [5.41, 5.74) is -0.109. The number of aromatic amines is 1. The Hall–Kier alpha value is -2.71. The van der Waals surface area contributed by atoms with Crippen molar-refractivity contribution in [2.75, 3.05) is 12.4 Å². The van der Waals surface area contributed by atoms with Crippen LogP contribution in [0.4, 0.5) is 5.95 Å². The molecule has 2 rings (SSSR count). The van der Waals surface area contributed by atoms with Crippen LogP contribution >= 0.6 is 0 Å². The molecule has 2 aromatic rings. The molecule has 2 N–H and O–H groups in total. The Morgan fingerprint density at radius 1 is 1.48 bits per heavy atom. The van der Waals surface area contributed by atoms with E-state index in [9.17, 15) is 9.59 Å². The van der Waals surface area contributed by atoms with Crippen LogP contribution in [-0.4, -0.2) is 38.0 Å². The third-order valence-corrected chi connectivity index (χ3v) is 2.70. The molecule has 0 aromatic carbocycles. The molecule has 0 aliphatic carbocycles. The van der Waals surface area contributed by atoms with Gasteiger partial charge in [-0.25, -0.2) is 9.78 Å². The number of nitrogens with zero attached hydrogens (tertiary/aromatic N) is 4. The molecule has 0 aliphatic rings. The lowest BCUT2D eigenvalue weighted by molar-refractivity contribution is 0.101. The maximum atomic E-state index is 12.0. The predicted molar refractivity (Wildman–Crippen MR) is 74.3 cm³/mol. The number of H-pyrrole nitrogens is 1. The van der Waals surface area contributed by atoms with Gasteiger partial charge in [0.25, 0.3) is 11.5 Å². The SMILES string of the molecule is CCCCn1nc(C(=O)Nc2nc(OC)n[nH]2)ccc1=O. The minimum Gasteiger partial charge on any atom is -0.466 e. The van der Waals surface area contributed by atoms with Gasteiger partial charge in [-0.2, -0.15) is 10.1 Å². The van der Waals surface area contributed by atoms with Gasteiger partial charge in [0.15, 0.2) is 0 Å². The van der Waals surface area contributed by atoms with Gasteiger partial charge < -0.3 is 4.74 Å². The van der Waals surface area contributed by atoms with Gasteiger partial charge in [0, 0.05) is 12.6 Å². The number of aromatic nitrogens is 5. The average molecular weight is 292 g/mol. The molecule has 0 aliphatic heterocycles. The molecule has 0 saturated heterocycles. The van der Waals surface area contributed by atoms with E-state index in [1.165, 1.54) is 23.9 Å². The van der Waals surface area contributed by atoms with Gasteiger partial charge in [-0.15, -0.1) is 5.10 Å². The van der Waals surface area contributed by atoms with E-state index in [1.807, 2.05) is 6.92 Å². The van der Waals surface area contributed by atoms with Gasteiger partial charge in [0.05, 0.1) is 7.11 Å². The highest BCUT2D eigenvalue weighted by atomic mass is 16.5.